The molecule has 20 heavy (non-hydrogen) atoms. The lowest BCUT2D eigenvalue weighted by Gasteiger charge is -2.14. The maximum atomic E-state index is 6.03. The predicted molar refractivity (Wildman–Crippen MR) is 78.3 cm³/mol. The molecule has 2 N–H and O–H groups in total. The van der Waals surface area contributed by atoms with Gasteiger partial charge in [-0.2, -0.15) is 4.98 Å². The Bertz CT molecular complexity index is 613. The van der Waals surface area contributed by atoms with Crippen LogP contribution in [-0.4, -0.2) is 19.2 Å². The monoisotopic (exact) mass is 314 g/mol. The smallest absolute Gasteiger partial charge is 0.240 e. The number of hydrogen-bond donors (Lipinski definition) is 1. The molecule has 1 aromatic heterocycles. The Morgan fingerprint density at radius 2 is 1.65 bits per heavy atom. The van der Waals surface area contributed by atoms with Gasteiger partial charge in [0.15, 0.2) is 11.5 Å². The van der Waals surface area contributed by atoms with Crippen LogP contribution in [0.2, 0.25) is 10.0 Å². The molecule has 0 saturated heterocycles. The molecule has 106 valence electrons. The van der Waals surface area contributed by atoms with Crippen LogP contribution in [0.5, 0.6) is 23.1 Å². The van der Waals surface area contributed by atoms with E-state index in [1.807, 2.05) is 0 Å². The number of halogens is 2. The van der Waals surface area contributed by atoms with Crippen LogP contribution < -0.4 is 19.9 Å². The molecule has 0 unspecified atom stereocenters. The van der Waals surface area contributed by atoms with Crippen molar-refractivity contribution >= 4 is 29.0 Å². The fourth-order valence-corrected chi connectivity index (χ4v) is 1.95. The van der Waals surface area contributed by atoms with Crippen molar-refractivity contribution in [3.8, 4) is 23.1 Å². The number of rotatable bonds is 4. The summed E-state index contributed by atoms with van der Waals surface area (Å²) < 4.78 is 16.1. The van der Waals surface area contributed by atoms with Gasteiger partial charge in [0.25, 0.3) is 0 Å². The third kappa shape index (κ3) is 2.84. The van der Waals surface area contributed by atoms with Gasteiger partial charge < -0.3 is 19.9 Å². The van der Waals surface area contributed by atoms with E-state index < -0.39 is 0 Å². The summed E-state index contributed by atoms with van der Waals surface area (Å²) in [6.45, 7) is 0. The van der Waals surface area contributed by atoms with Crippen molar-refractivity contribution in [2.45, 2.75) is 0 Å². The van der Waals surface area contributed by atoms with Crippen LogP contribution in [0.1, 0.15) is 0 Å². The van der Waals surface area contributed by atoms with Gasteiger partial charge in [0.1, 0.15) is 10.8 Å². The zero-order chi connectivity index (χ0) is 14.7. The number of aromatic nitrogens is 1. The van der Waals surface area contributed by atoms with Crippen molar-refractivity contribution < 1.29 is 14.2 Å². The van der Waals surface area contributed by atoms with E-state index in [1.165, 1.54) is 20.3 Å². The molecule has 2 aromatic rings. The molecule has 0 aliphatic rings. The second kappa shape index (κ2) is 6.07. The van der Waals surface area contributed by atoms with Gasteiger partial charge in [0, 0.05) is 0 Å². The number of hydrogen-bond acceptors (Lipinski definition) is 5. The minimum absolute atomic E-state index is 0.122. The van der Waals surface area contributed by atoms with Crippen LogP contribution in [0, 0.1) is 0 Å². The van der Waals surface area contributed by atoms with Crippen LogP contribution in [0.15, 0.2) is 24.3 Å². The van der Waals surface area contributed by atoms with E-state index in [2.05, 4.69) is 4.98 Å². The second-order valence-corrected chi connectivity index (χ2v) is 4.55. The molecule has 2 rings (SSSR count). The van der Waals surface area contributed by atoms with Crippen LogP contribution in [0.25, 0.3) is 0 Å². The Labute approximate surface area is 126 Å². The molecule has 0 amide bonds. The lowest BCUT2D eigenvalue weighted by molar-refractivity contribution is 0.342. The molecule has 5 nitrogen and oxygen atoms in total. The highest BCUT2D eigenvalue weighted by atomic mass is 35.5. The first kappa shape index (κ1) is 14.6. The Hall–Kier alpha value is -1.85. The van der Waals surface area contributed by atoms with E-state index in [1.54, 1.807) is 18.2 Å². The number of para-hydroxylation sites is 1. The van der Waals surface area contributed by atoms with Crippen molar-refractivity contribution in [3.63, 3.8) is 0 Å². The molecule has 1 heterocycles. The number of nitrogens with two attached hydrogens (primary N) is 1. The molecule has 0 aliphatic carbocycles. The number of ether oxygens (including phenoxy) is 3. The van der Waals surface area contributed by atoms with Gasteiger partial charge in [-0.1, -0.05) is 29.3 Å². The van der Waals surface area contributed by atoms with Gasteiger partial charge in [-0.15, -0.1) is 0 Å². The third-order valence-electron chi connectivity index (χ3n) is 2.51. The van der Waals surface area contributed by atoms with Gasteiger partial charge in [0.2, 0.25) is 11.6 Å². The molecule has 0 aliphatic heterocycles. The zero-order valence-corrected chi connectivity index (χ0v) is 12.3. The van der Waals surface area contributed by atoms with Gasteiger partial charge >= 0.3 is 0 Å². The van der Waals surface area contributed by atoms with E-state index in [0.717, 1.165) is 0 Å². The van der Waals surface area contributed by atoms with E-state index in [9.17, 15) is 0 Å². The first-order valence-corrected chi connectivity index (χ1v) is 6.32. The molecule has 0 saturated carbocycles. The number of nitrogens with zero attached hydrogens (tertiary/aromatic N) is 1. The van der Waals surface area contributed by atoms with Gasteiger partial charge in [-0.3, -0.25) is 0 Å². The standard InChI is InChI=1S/C13H12Cl2N2O3/c1-18-9-4-3-5-10(19-2)11(9)20-13-8(15)6-7(14)12(16)17-13/h3-6H,1-2H3,(H2,16,17). The predicted octanol–water partition coefficient (Wildman–Crippen LogP) is 3.78. The highest BCUT2D eigenvalue weighted by Crippen LogP contribution is 2.41. The number of methoxy groups -OCH3 is 2. The van der Waals surface area contributed by atoms with Gasteiger partial charge in [-0.25, -0.2) is 0 Å². The van der Waals surface area contributed by atoms with Crippen molar-refractivity contribution in [2.75, 3.05) is 20.0 Å². The fraction of sp³-hybridized carbons (Fsp3) is 0.154. The van der Waals surface area contributed by atoms with Crippen molar-refractivity contribution in [3.05, 3.63) is 34.3 Å². The largest absolute Gasteiger partial charge is 0.493 e. The Balaban J connectivity index is 2.47. The molecule has 0 bridgehead atoms. The number of benzene rings is 1. The Kier molecular flexibility index (Phi) is 4.42. The first-order valence-electron chi connectivity index (χ1n) is 5.57. The van der Waals surface area contributed by atoms with Crippen LogP contribution in [0.3, 0.4) is 0 Å². The number of anilines is 1. The maximum Gasteiger partial charge on any atom is 0.240 e. The minimum atomic E-state index is 0.122. The van der Waals surface area contributed by atoms with E-state index >= 15 is 0 Å². The quantitative estimate of drug-likeness (QED) is 0.930. The lowest BCUT2D eigenvalue weighted by atomic mass is 10.3. The molecule has 1 aromatic carbocycles. The Morgan fingerprint density at radius 3 is 2.20 bits per heavy atom. The summed E-state index contributed by atoms with van der Waals surface area (Å²) in [6.07, 6.45) is 0. The van der Waals surface area contributed by atoms with Gasteiger partial charge in [0.05, 0.1) is 19.2 Å². The molecule has 0 radical (unpaired) electrons. The molecule has 7 heteroatoms. The molecule has 0 fully saturated rings. The highest BCUT2D eigenvalue weighted by molar-refractivity contribution is 6.36. The average molecular weight is 315 g/mol. The van der Waals surface area contributed by atoms with E-state index in [4.69, 9.17) is 43.1 Å². The number of nitrogen functional groups attached to an aromatic ring is 1. The average Bonchev–Trinajstić information content (AvgIpc) is 2.44. The highest BCUT2D eigenvalue weighted by Gasteiger charge is 2.16. The van der Waals surface area contributed by atoms with Crippen LogP contribution in [0.4, 0.5) is 5.82 Å². The van der Waals surface area contributed by atoms with Crippen molar-refractivity contribution in [2.24, 2.45) is 0 Å². The molecular weight excluding hydrogens is 303 g/mol. The van der Waals surface area contributed by atoms with Crippen molar-refractivity contribution in [1.82, 2.24) is 4.98 Å². The zero-order valence-electron chi connectivity index (χ0n) is 10.8. The topological polar surface area (TPSA) is 66.6 Å². The summed E-state index contributed by atoms with van der Waals surface area (Å²) in [6, 6.07) is 6.69. The SMILES string of the molecule is COc1cccc(OC)c1Oc1nc(N)c(Cl)cc1Cl. The van der Waals surface area contributed by atoms with E-state index in [-0.39, 0.29) is 21.7 Å². The molecule has 0 spiro atoms. The summed E-state index contributed by atoms with van der Waals surface area (Å²) in [5.41, 5.74) is 5.64. The normalized spacial score (nSPS) is 10.2. The van der Waals surface area contributed by atoms with E-state index in [0.29, 0.717) is 17.2 Å². The summed E-state index contributed by atoms with van der Waals surface area (Å²) in [4.78, 5) is 4.00. The van der Waals surface area contributed by atoms with Crippen LogP contribution >= 0.6 is 23.2 Å². The summed E-state index contributed by atoms with van der Waals surface area (Å²) in [5.74, 6) is 1.57. The van der Waals surface area contributed by atoms with Gasteiger partial charge in [-0.05, 0) is 18.2 Å². The first-order chi connectivity index (χ1) is 9.56. The molecular formula is C13H12Cl2N2O3. The minimum Gasteiger partial charge on any atom is -0.493 e. The summed E-state index contributed by atoms with van der Waals surface area (Å²) in [5, 5.41) is 0.492. The molecule has 0 atom stereocenters. The summed E-state index contributed by atoms with van der Waals surface area (Å²) in [7, 11) is 3.04. The summed E-state index contributed by atoms with van der Waals surface area (Å²) >= 11 is 11.9. The van der Waals surface area contributed by atoms with Crippen molar-refractivity contribution in [1.29, 1.82) is 0 Å². The van der Waals surface area contributed by atoms with Crippen LogP contribution in [-0.2, 0) is 0 Å². The Morgan fingerprint density at radius 1 is 1.05 bits per heavy atom. The lowest BCUT2D eigenvalue weighted by Crippen LogP contribution is -1.98. The maximum absolute atomic E-state index is 6.03. The fourth-order valence-electron chi connectivity index (χ4n) is 1.55. The second-order valence-electron chi connectivity index (χ2n) is 3.74. The number of pyridine rings is 1. The third-order valence-corrected chi connectivity index (χ3v) is 3.08.